The molecule has 0 aliphatic carbocycles. The van der Waals surface area contributed by atoms with Crippen molar-refractivity contribution in [3.05, 3.63) is 23.4 Å². The molecule has 2 rings (SSSR count). The van der Waals surface area contributed by atoms with Crippen LogP contribution in [0.2, 0.25) is 5.02 Å². The second-order valence-corrected chi connectivity index (χ2v) is 6.38. The lowest BCUT2D eigenvalue weighted by molar-refractivity contribution is 0.398. The molecule has 1 aromatic rings. The minimum Gasteiger partial charge on any atom is -0.313 e. The van der Waals surface area contributed by atoms with E-state index in [0.717, 1.165) is 25.8 Å². The highest BCUT2D eigenvalue weighted by molar-refractivity contribution is 7.89. The number of hydrogen-bond donors (Lipinski definition) is 2. The summed E-state index contributed by atoms with van der Waals surface area (Å²) >= 11 is 5.83. The number of piperidine rings is 1. The predicted molar refractivity (Wildman–Crippen MR) is 70.1 cm³/mol. The molecule has 1 atom stereocenters. The molecule has 0 bridgehead atoms. The Bertz CT molecular complexity index is 501. The largest absolute Gasteiger partial charge is 0.313 e. The first kappa shape index (κ1) is 13.7. The van der Waals surface area contributed by atoms with Crippen molar-refractivity contribution in [1.82, 2.24) is 15.0 Å². The lowest BCUT2D eigenvalue weighted by Gasteiger charge is -2.23. The Labute approximate surface area is 112 Å². The summed E-state index contributed by atoms with van der Waals surface area (Å²) in [4.78, 5) is 3.81. The van der Waals surface area contributed by atoms with E-state index in [0.29, 0.717) is 6.54 Å². The van der Waals surface area contributed by atoms with Crippen molar-refractivity contribution < 1.29 is 8.42 Å². The van der Waals surface area contributed by atoms with Crippen LogP contribution in [0.1, 0.15) is 19.3 Å². The number of hydrogen-bond acceptors (Lipinski definition) is 4. The maximum atomic E-state index is 12.0. The Balaban J connectivity index is 2.01. The summed E-state index contributed by atoms with van der Waals surface area (Å²) < 4.78 is 26.6. The summed E-state index contributed by atoms with van der Waals surface area (Å²) in [5.41, 5.74) is 0. The topological polar surface area (TPSA) is 71.1 Å². The van der Waals surface area contributed by atoms with Crippen molar-refractivity contribution in [2.45, 2.75) is 30.3 Å². The summed E-state index contributed by atoms with van der Waals surface area (Å²) in [6.45, 7) is 1.31. The van der Waals surface area contributed by atoms with Gasteiger partial charge in [0.25, 0.3) is 10.0 Å². The van der Waals surface area contributed by atoms with Gasteiger partial charge in [-0.15, -0.1) is 0 Å². The number of halogens is 1. The summed E-state index contributed by atoms with van der Waals surface area (Å²) in [5.74, 6) is 0. The van der Waals surface area contributed by atoms with Crippen LogP contribution in [0.3, 0.4) is 0 Å². The van der Waals surface area contributed by atoms with E-state index in [1.54, 1.807) is 6.07 Å². The number of sulfonamides is 1. The zero-order valence-corrected chi connectivity index (χ0v) is 11.5. The number of aromatic nitrogens is 1. The zero-order valence-electron chi connectivity index (χ0n) is 9.89. The van der Waals surface area contributed by atoms with Gasteiger partial charge >= 0.3 is 0 Å². The van der Waals surface area contributed by atoms with Crippen LogP contribution < -0.4 is 10.0 Å². The fraction of sp³-hybridized carbons (Fsp3) is 0.545. The molecule has 1 saturated heterocycles. The first-order valence-corrected chi connectivity index (χ1v) is 7.79. The van der Waals surface area contributed by atoms with E-state index in [4.69, 9.17) is 11.6 Å². The summed E-state index contributed by atoms with van der Waals surface area (Å²) in [7, 11) is -3.62. The Morgan fingerprint density at radius 2 is 2.33 bits per heavy atom. The molecule has 0 aromatic carbocycles. The van der Waals surface area contributed by atoms with E-state index in [1.165, 1.54) is 12.3 Å². The maximum Gasteiger partial charge on any atom is 0.259 e. The highest BCUT2D eigenvalue weighted by Gasteiger charge is 2.21. The van der Waals surface area contributed by atoms with Crippen LogP contribution in [-0.2, 0) is 10.0 Å². The van der Waals surface area contributed by atoms with E-state index >= 15 is 0 Å². The lowest BCUT2D eigenvalue weighted by atomic mass is 10.1. The average Bonchev–Trinajstić information content (AvgIpc) is 2.38. The summed E-state index contributed by atoms with van der Waals surface area (Å²) in [5, 5.41) is 3.31. The van der Waals surface area contributed by atoms with Gasteiger partial charge in [-0.25, -0.2) is 18.1 Å². The third-order valence-corrected chi connectivity index (χ3v) is 4.71. The molecular weight excluding hydrogens is 274 g/mol. The van der Waals surface area contributed by atoms with Gasteiger partial charge in [-0.3, -0.25) is 0 Å². The first-order chi connectivity index (χ1) is 8.59. The van der Waals surface area contributed by atoms with Gasteiger partial charge in [-0.05, 0) is 31.5 Å². The van der Waals surface area contributed by atoms with E-state index < -0.39 is 10.0 Å². The fourth-order valence-corrected chi connectivity index (χ4v) is 3.45. The molecule has 1 fully saturated rings. The van der Waals surface area contributed by atoms with E-state index in [1.807, 2.05) is 0 Å². The highest BCUT2D eigenvalue weighted by Crippen LogP contribution is 2.17. The SMILES string of the molecule is O=S(=O)(NC[C@@H]1CCCCN1)c1ncccc1Cl. The van der Waals surface area contributed by atoms with E-state index in [-0.39, 0.29) is 16.1 Å². The van der Waals surface area contributed by atoms with Crippen LogP contribution in [0, 0.1) is 0 Å². The fourth-order valence-electron chi connectivity index (χ4n) is 1.95. The quantitative estimate of drug-likeness (QED) is 0.872. The smallest absolute Gasteiger partial charge is 0.259 e. The minimum absolute atomic E-state index is 0.109. The van der Waals surface area contributed by atoms with Gasteiger partial charge in [-0.1, -0.05) is 18.0 Å². The van der Waals surface area contributed by atoms with Gasteiger partial charge in [0.15, 0.2) is 5.03 Å². The number of pyridine rings is 1. The Morgan fingerprint density at radius 1 is 1.50 bits per heavy atom. The van der Waals surface area contributed by atoms with Crippen molar-refractivity contribution in [3.8, 4) is 0 Å². The first-order valence-electron chi connectivity index (χ1n) is 5.93. The monoisotopic (exact) mass is 289 g/mol. The van der Waals surface area contributed by atoms with Crippen molar-refractivity contribution in [2.75, 3.05) is 13.1 Å². The molecule has 1 aromatic heterocycles. The molecule has 0 amide bonds. The van der Waals surface area contributed by atoms with Gasteiger partial charge in [0.1, 0.15) is 0 Å². The molecule has 18 heavy (non-hydrogen) atoms. The zero-order chi connectivity index (χ0) is 13.0. The molecule has 0 unspecified atom stereocenters. The van der Waals surface area contributed by atoms with Crippen LogP contribution in [0.25, 0.3) is 0 Å². The van der Waals surface area contributed by atoms with Gasteiger partial charge < -0.3 is 5.32 Å². The molecule has 0 saturated carbocycles. The summed E-state index contributed by atoms with van der Waals surface area (Å²) in [6, 6.07) is 3.31. The van der Waals surface area contributed by atoms with Crippen LogP contribution >= 0.6 is 11.6 Å². The molecule has 7 heteroatoms. The van der Waals surface area contributed by atoms with Crippen molar-refractivity contribution in [1.29, 1.82) is 0 Å². The average molecular weight is 290 g/mol. The standard InChI is InChI=1S/C11H16ClN3O2S/c12-10-5-3-7-14-11(10)18(16,17)15-8-9-4-1-2-6-13-9/h3,5,7,9,13,15H,1-2,4,6,8H2/t9-/m0/s1. The summed E-state index contributed by atoms with van der Waals surface area (Å²) in [6.07, 6.45) is 4.68. The lowest BCUT2D eigenvalue weighted by Crippen LogP contribution is -2.43. The van der Waals surface area contributed by atoms with Crippen molar-refractivity contribution in [2.24, 2.45) is 0 Å². The molecule has 0 radical (unpaired) electrons. The van der Waals surface area contributed by atoms with Gasteiger partial charge in [-0.2, -0.15) is 0 Å². The Morgan fingerprint density at radius 3 is 3.00 bits per heavy atom. The molecule has 1 aliphatic rings. The predicted octanol–water partition coefficient (Wildman–Crippen LogP) is 1.16. The van der Waals surface area contributed by atoms with Gasteiger partial charge in [0.2, 0.25) is 0 Å². The molecule has 1 aliphatic heterocycles. The third-order valence-electron chi connectivity index (χ3n) is 2.91. The normalized spacial score (nSPS) is 20.8. The second kappa shape index (κ2) is 5.97. The van der Waals surface area contributed by atoms with Crippen LogP contribution in [0.5, 0.6) is 0 Å². The molecule has 5 nitrogen and oxygen atoms in total. The molecule has 2 N–H and O–H groups in total. The molecule has 0 spiro atoms. The Hall–Kier alpha value is -0.690. The van der Waals surface area contributed by atoms with Crippen molar-refractivity contribution in [3.63, 3.8) is 0 Å². The number of nitrogens with one attached hydrogen (secondary N) is 2. The van der Waals surface area contributed by atoms with Gasteiger partial charge in [0.05, 0.1) is 5.02 Å². The Kier molecular flexibility index (Phi) is 4.55. The third kappa shape index (κ3) is 3.41. The second-order valence-electron chi connectivity index (χ2n) is 4.29. The van der Waals surface area contributed by atoms with Gasteiger partial charge in [0, 0.05) is 18.8 Å². The maximum absolute atomic E-state index is 12.0. The number of nitrogens with zero attached hydrogens (tertiary/aromatic N) is 1. The van der Waals surface area contributed by atoms with Crippen LogP contribution in [0.4, 0.5) is 0 Å². The van der Waals surface area contributed by atoms with Crippen molar-refractivity contribution >= 4 is 21.6 Å². The molecule has 100 valence electrons. The van der Waals surface area contributed by atoms with Crippen LogP contribution in [-0.4, -0.2) is 32.5 Å². The van der Waals surface area contributed by atoms with Crippen LogP contribution in [0.15, 0.2) is 23.4 Å². The molecular formula is C11H16ClN3O2S. The van der Waals surface area contributed by atoms with E-state index in [2.05, 4.69) is 15.0 Å². The van der Waals surface area contributed by atoms with E-state index in [9.17, 15) is 8.42 Å². The highest BCUT2D eigenvalue weighted by atomic mass is 35.5. The number of rotatable bonds is 4. The molecule has 2 heterocycles. The minimum atomic E-state index is -3.62.